The zero-order valence-corrected chi connectivity index (χ0v) is 12.2. The minimum atomic E-state index is 0.512. The highest BCUT2D eigenvalue weighted by Gasteiger charge is 2.28. The fraction of sp³-hybridized carbons (Fsp3) is 0.438. The van der Waals surface area contributed by atoms with Crippen LogP contribution in [0.3, 0.4) is 0 Å². The molecular weight excluding hydrogens is 248 g/mol. The van der Waals surface area contributed by atoms with E-state index in [2.05, 4.69) is 52.6 Å². The lowest BCUT2D eigenvalue weighted by Crippen LogP contribution is -2.28. The van der Waals surface area contributed by atoms with Crippen molar-refractivity contribution in [3.8, 4) is 0 Å². The van der Waals surface area contributed by atoms with Gasteiger partial charge in [0.25, 0.3) is 0 Å². The SMILES string of the molecule is C[C@@H]1C[C@H](Nc2cnn(C)c2)CN1Cc1ccccc1. The molecule has 4 heteroatoms. The number of benzene rings is 1. The van der Waals surface area contributed by atoms with Gasteiger partial charge in [0.15, 0.2) is 0 Å². The number of anilines is 1. The third-order valence-electron chi connectivity index (χ3n) is 4.01. The van der Waals surface area contributed by atoms with Crippen molar-refractivity contribution >= 4 is 5.69 Å². The molecule has 4 nitrogen and oxygen atoms in total. The summed E-state index contributed by atoms with van der Waals surface area (Å²) < 4.78 is 1.84. The molecular formula is C16H22N4. The van der Waals surface area contributed by atoms with Crippen molar-refractivity contribution < 1.29 is 0 Å². The summed E-state index contributed by atoms with van der Waals surface area (Å²) in [6.07, 6.45) is 5.11. The lowest BCUT2D eigenvalue weighted by Gasteiger charge is -2.20. The minimum absolute atomic E-state index is 0.512. The highest BCUT2D eigenvalue weighted by molar-refractivity contribution is 5.39. The Hall–Kier alpha value is -1.81. The molecule has 1 fully saturated rings. The fourth-order valence-corrected chi connectivity index (χ4v) is 2.97. The van der Waals surface area contributed by atoms with E-state index in [0.29, 0.717) is 12.1 Å². The first kappa shape index (κ1) is 13.2. The number of nitrogens with zero attached hydrogens (tertiary/aromatic N) is 3. The highest BCUT2D eigenvalue weighted by atomic mass is 15.3. The van der Waals surface area contributed by atoms with Crippen LogP contribution in [0.5, 0.6) is 0 Å². The maximum Gasteiger partial charge on any atom is 0.0728 e. The fourth-order valence-electron chi connectivity index (χ4n) is 2.97. The normalized spacial score (nSPS) is 23.1. The Morgan fingerprint density at radius 3 is 2.80 bits per heavy atom. The van der Waals surface area contributed by atoms with Crippen LogP contribution in [0.2, 0.25) is 0 Å². The predicted octanol–water partition coefficient (Wildman–Crippen LogP) is 2.50. The molecule has 0 saturated carbocycles. The Bertz CT molecular complexity index is 549. The maximum atomic E-state index is 4.21. The van der Waals surface area contributed by atoms with Gasteiger partial charge < -0.3 is 5.32 Å². The maximum absolute atomic E-state index is 4.21. The van der Waals surface area contributed by atoms with Crippen molar-refractivity contribution in [2.45, 2.75) is 32.0 Å². The molecule has 0 unspecified atom stereocenters. The van der Waals surface area contributed by atoms with E-state index in [1.54, 1.807) is 0 Å². The van der Waals surface area contributed by atoms with Crippen molar-refractivity contribution in [3.63, 3.8) is 0 Å². The van der Waals surface area contributed by atoms with Gasteiger partial charge in [0.1, 0.15) is 0 Å². The number of aromatic nitrogens is 2. The molecule has 0 amide bonds. The van der Waals surface area contributed by atoms with Gasteiger partial charge >= 0.3 is 0 Å². The van der Waals surface area contributed by atoms with Crippen molar-refractivity contribution in [2.75, 3.05) is 11.9 Å². The molecule has 2 aromatic rings. The van der Waals surface area contributed by atoms with E-state index >= 15 is 0 Å². The topological polar surface area (TPSA) is 33.1 Å². The van der Waals surface area contributed by atoms with Crippen LogP contribution in [-0.2, 0) is 13.6 Å². The van der Waals surface area contributed by atoms with Crippen LogP contribution in [0.1, 0.15) is 18.9 Å². The van der Waals surface area contributed by atoms with E-state index in [-0.39, 0.29) is 0 Å². The molecule has 2 atom stereocenters. The molecule has 0 radical (unpaired) electrons. The summed E-state index contributed by atoms with van der Waals surface area (Å²) in [5, 5.41) is 7.79. The van der Waals surface area contributed by atoms with E-state index < -0.39 is 0 Å². The van der Waals surface area contributed by atoms with Gasteiger partial charge in [0.2, 0.25) is 0 Å². The average molecular weight is 270 g/mol. The molecule has 0 aliphatic carbocycles. The summed E-state index contributed by atoms with van der Waals surface area (Å²) in [5.74, 6) is 0. The van der Waals surface area contributed by atoms with Gasteiger partial charge in [0.05, 0.1) is 11.9 Å². The number of hydrogen-bond acceptors (Lipinski definition) is 3. The van der Waals surface area contributed by atoms with Crippen molar-refractivity contribution in [1.82, 2.24) is 14.7 Å². The van der Waals surface area contributed by atoms with Gasteiger partial charge in [-0.05, 0) is 18.9 Å². The first-order valence-electron chi connectivity index (χ1n) is 7.24. The Balaban J connectivity index is 1.59. The summed E-state index contributed by atoms with van der Waals surface area (Å²) in [6.45, 7) is 4.44. The second-order valence-corrected chi connectivity index (χ2v) is 5.74. The van der Waals surface area contributed by atoms with Crippen LogP contribution in [0, 0.1) is 0 Å². The summed E-state index contributed by atoms with van der Waals surface area (Å²) in [6, 6.07) is 11.8. The van der Waals surface area contributed by atoms with Gasteiger partial charge in [-0.2, -0.15) is 5.10 Å². The van der Waals surface area contributed by atoms with Crippen LogP contribution in [0.15, 0.2) is 42.7 Å². The first-order valence-corrected chi connectivity index (χ1v) is 7.24. The number of nitrogens with one attached hydrogen (secondary N) is 1. The Morgan fingerprint density at radius 1 is 1.30 bits per heavy atom. The number of rotatable bonds is 4. The smallest absolute Gasteiger partial charge is 0.0728 e. The van der Waals surface area contributed by atoms with Gasteiger partial charge in [-0.15, -0.1) is 0 Å². The molecule has 1 aromatic heterocycles. The molecule has 1 saturated heterocycles. The number of hydrogen-bond donors (Lipinski definition) is 1. The second kappa shape index (κ2) is 5.67. The summed E-state index contributed by atoms with van der Waals surface area (Å²) in [5.41, 5.74) is 2.51. The van der Waals surface area contributed by atoms with E-state index in [0.717, 1.165) is 18.8 Å². The standard InChI is InChI=1S/C16H22N4/c1-13-8-15(18-16-9-17-19(2)11-16)12-20(13)10-14-6-4-3-5-7-14/h3-7,9,11,13,15,18H,8,10,12H2,1-2H3/t13-,15+/m1/s1. The van der Waals surface area contributed by atoms with E-state index in [4.69, 9.17) is 0 Å². The summed E-state index contributed by atoms with van der Waals surface area (Å²) >= 11 is 0. The minimum Gasteiger partial charge on any atom is -0.378 e. The highest BCUT2D eigenvalue weighted by Crippen LogP contribution is 2.22. The Morgan fingerprint density at radius 2 is 2.10 bits per heavy atom. The second-order valence-electron chi connectivity index (χ2n) is 5.74. The van der Waals surface area contributed by atoms with Crippen LogP contribution in [0.4, 0.5) is 5.69 Å². The van der Waals surface area contributed by atoms with Crippen LogP contribution >= 0.6 is 0 Å². The van der Waals surface area contributed by atoms with E-state index in [1.807, 2.05) is 24.1 Å². The first-order chi connectivity index (χ1) is 9.70. The molecule has 1 aromatic carbocycles. The van der Waals surface area contributed by atoms with Crippen LogP contribution in [0.25, 0.3) is 0 Å². The molecule has 1 N–H and O–H groups in total. The average Bonchev–Trinajstić information content (AvgIpc) is 2.98. The van der Waals surface area contributed by atoms with Crippen molar-refractivity contribution in [1.29, 1.82) is 0 Å². The van der Waals surface area contributed by atoms with Crippen LogP contribution < -0.4 is 5.32 Å². The summed E-state index contributed by atoms with van der Waals surface area (Å²) in [7, 11) is 1.95. The van der Waals surface area contributed by atoms with E-state index in [9.17, 15) is 0 Å². The predicted molar refractivity (Wildman–Crippen MR) is 81.5 cm³/mol. The Kier molecular flexibility index (Phi) is 3.74. The van der Waals surface area contributed by atoms with Gasteiger partial charge in [0, 0.05) is 38.4 Å². The molecule has 1 aliphatic heterocycles. The molecule has 0 bridgehead atoms. The summed E-state index contributed by atoms with van der Waals surface area (Å²) in [4.78, 5) is 2.55. The third kappa shape index (κ3) is 3.02. The van der Waals surface area contributed by atoms with E-state index in [1.165, 1.54) is 12.0 Å². The zero-order chi connectivity index (χ0) is 13.9. The van der Waals surface area contributed by atoms with Gasteiger partial charge in [-0.25, -0.2) is 0 Å². The molecule has 3 rings (SSSR count). The largest absolute Gasteiger partial charge is 0.378 e. The quantitative estimate of drug-likeness (QED) is 0.926. The molecule has 20 heavy (non-hydrogen) atoms. The third-order valence-corrected chi connectivity index (χ3v) is 4.01. The molecule has 1 aliphatic rings. The molecule has 2 heterocycles. The number of likely N-dealkylation sites (tertiary alicyclic amines) is 1. The lowest BCUT2D eigenvalue weighted by molar-refractivity contribution is 0.259. The van der Waals surface area contributed by atoms with Gasteiger partial charge in [-0.1, -0.05) is 30.3 Å². The molecule has 106 valence electrons. The van der Waals surface area contributed by atoms with Gasteiger partial charge in [-0.3, -0.25) is 9.58 Å². The zero-order valence-electron chi connectivity index (χ0n) is 12.2. The number of aryl methyl sites for hydroxylation is 1. The lowest BCUT2D eigenvalue weighted by atomic mass is 10.2. The van der Waals surface area contributed by atoms with Crippen LogP contribution in [-0.4, -0.2) is 33.3 Å². The Labute approximate surface area is 120 Å². The monoisotopic (exact) mass is 270 g/mol. The van der Waals surface area contributed by atoms with Crippen molar-refractivity contribution in [3.05, 3.63) is 48.3 Å². The molecule has 0 spiro atoms. The van der Waals surface area contributed by atoms with Crippen molar-refractivity contribution in [2.24, 2.45) is 7.05 Å².